The summed E-state index contributed by atoms with van der Waals surface area (Å²) in [5, 5.41) is 9.14. The van der Waals surface area contributed by atoms with E-state index in [9.17, 15) is 0 Å². The third-order valence-corrected chi connectivity index (χ3v) is 3.61. The fourth-order valence-corrected chi connectivity index (χ4v) is 2.46. The average Bonchev–Trinajstić information content (AvgIpc) is 3.01. The molecule has 0 bridgehead atoms. The van der Waals surface area contributed by atoms with Crippen LogP contribution in [0.2, 0.25) is 0 Å². The van der Waals surface area contributed by atoms with Crippen LogP contribution in [-0.2, 0) is 5.75 Å². The summed E-state index contributed by atoms with van der Waals surface area (Å²) in [6.45, 7) is 0. The van der Waals surface area contributed by atoms with Crippen LogP contribution in [0.1, 0.15) is 5.56 Å². The highest BCUT2D eigenvalue weighted by Crippen LogP contribution is 2.21. The molecule has 0 saturated carbocycles. The number of nitrogens with zero attached hydrogens (tertiary/aromatic N) is 4. The minimum atomic E-state index is 0.870. The summed E-state index contributed by atoms with van der Waals surface area (Å²) in [5.41, 5.74) is 2.17. The first-order valence-corrected chi connectivity index (χ1v) is 6.90. The molecule has 0 atom stereocenters. The fourth-order valence-electron chi connectivity index (χ4n) is 1.66. The molecule has 0 aliphatic rings. The van der Waals surface area contributed by atoms with E-state index < -0.39 is 0 Å². The van der Waals surface area contributed by atoms with Gasteiger partial charge in [-0.2, -0.15) is 15.0 Å². The summed E-state index contributed by atoms with van der Waals surface area (Å²) in [6, 6.07) is 14.3. The molecule has 0 fully saturated rings. The second-order valence-electron chi connectivity index (χ2n) is 3.95. The summed E-state index contributed by atoms with van der Waals surface area (Å²) < 4.78 is 0. The number of hydrogen-bond donors (Lipinski definition) is 0. The first-order chi connectivity index (χ1) is 9.42. The van der Waals surface area contributed by atoms with Gasteiger partial charge in [-0.25, -0.2) is 4.98 Å². The first kappa shape index (κ1) is 11.9. The van der Waals surface area contributed by atoms with Crippen molar-refractivity contribution in [2.75, 3.05) is 0 Å². The van der Waals surface area contributed by atoms with Crippen molar-refractivity contribution < 1.29 is 0 Å². The molecule has 0 spiro atoms. The zero-order chi connectivity index (χ0) is 12.9. The molecule has 1 aromatic carbocycles. The maximum absolute atomic E-state index is 4.41. The molecule has 0 unspecified atom stereocenters. The van der Waals surface area contributed by atoms with Gasteiger partial charge in [-0.1, -0.05) is 30.3 Å². The summed E-state index contributed by atoms with van der Waals surface area (Å²) >= 11 is 1.72. The molecule has 0 amide bonds. The Bertz CT molecular complexity index is 620. The largest absolute Gasteiger partial charge is 0.248 e. The van der Waals surface area contributed by atoms with Crippen LogP contribution in [0.15, 0.2) is 66.1 Å². The predicted molar refractivity (Wildman–Crippen MR) is 75.2 cm³/mol. The minimum Gasteiger partial charge on any atom is -0.248 e. The van der Waals surface area contributed by atoms with Gasteiger partial charge in [0.2, 0.25) is 0 Å². The maximum atomic E-state index is 4.41. The monoisotopic (exact) mass is 268 g/mol. The van der Waals surface area contributed by atoms with E-state index in [1.54, 1.807) is 35.1 Å². The number of aromatic nitrogens is 4. The zero-order valence-electron chi connectivity index (χ0n) is 10.2. The number of pyridine rings is 1. The van der Waals surface area contributed by atoms with Gasteiger partial charge >= 0.3 is 0 Å². The van der Waals surface area contributed by atoms with Crippen molar-refractivity contribution in [3.63, 3.8) is 0 Å². The molecule has 0 radical (unpaired) electrons. The molecular formula is C14H12N4S. The van der Waals surface area contributed by atoms with E-state index in [4.69, 9.17) is 0 Å². The molecule has 3 rings (SSSR count). The van der Waals surface area contributed by atoms with Crippen molar-refractivity contribution in [2.24, 2.45) is 0 Å². The van der Waals surface area contributed by atoms with Crippen LogP contribution in [0.3, 0.4) is 0 Å². The molecule has 4 nitrogen and oxygen atoms in total. The fraction of sp³-hybridized carbons (Fsp3) is 0.0714. The molecule has 0 aliphatic carbocycles. The van der Waals surface area contributed by atoms with Crippen molar-refractivity contribution in [1.82, 2.24) is 20.0 Å². The lowest BCUT2D eigenvalue weighted by Gasteiger charge is -2.03. The quantitative estimate of drug-likeness (QED) is 0.682. The van der Waals surface area contributed by atoms with E-state index in [1.165, 1.54) is 5.56 Å². The van der Waals surface area contributed by atoms with Crippen LogP contribution in [0.5, 0.6) is 0 Å². The lowest BCUT2D eigenvalue weighted by atomic mass is 10.2. The second kappa shape index (κ2) is 5.67. The van der Waals surface area contributed by atoms with E-state index in [0.717, 1.165) is 16.5 Å². The molecule has 2 aromatic heterocycles. The van der Waals surface area contributed by atoms with E-state index in [2.05, 4.69) is 39.4 Å². The maximum Gasteiger partial charge on any atom is 0.104 e. The van der Waals surface area contributed by atoms with Gasteiger partial charge in [-0.05, 0) is 17.7 Å². The Morgan fingerprint density at radius 3 is 2.42 bits per heavy atom. The Kier molecular flexibility index (Phi) is 3.56. The van der Waals surface area contributed by atoms with Crippen LogP contribution in [0.25, 0.3) is 5.69 Å². The Morgan fingerprint density at radius 1 is 0.947 bits per heavy atom. The van der Waals surface area contributed by atoms with Crippen molar-refractivity contribution in [3.05, 3.63) is 66.6 Å². The number of benzene rings is 1. The number of rotatable bonds is 4. The van der Waals surface area contributed by atoms with Gasteiger partial charge < -0.3 is 0 Å². The molecule has 94 valence electrons. The minimum absolute atomic E-state index is 0.870. The average molecular weight is 268 g/mol. The highest BCUT2D eigenvalue weighted by atomic mass is 32.2. The Labute approximate surface area is 115 Å². The van der Waals surface area contributed by atoms with Crippen molar-refractivity contribution in [2.45, 2.75) is 10.8 Å². The molecule has 19 heavy (non-hydrogen) atoms. The highest BCUT2D eigenvalue weighted by Gasteiger charge is 2.00. The van der Waals surface area contributed by atoms with E-state index in [-0.39, 0.29) is 0 Å². The Morgan fingerprint density at radius 2 is 1.74 bits per heavy atom. The van der Waals surface area contributed by atoms with E-state index in [1.807, 2.05) is 18.2 Å². The van der Waals surface area contributed by atoms with Crippen molar-refractivity contribution >= 4 is 11.8 Å². The van der Waals surface area contributed by atoms with Crippen LogP contribution < -0.4 is 0 Å². The third-order valence-electron chi connectivity index (χ3n) is 2.60. The molecule has 0 saturated heterocycles. The topological polar surface area (TPSA) is 43.6 Å². The molecule has 5 heteroatoms. The van der Waals surface area contributed by atoms with Gasteiger partial charge in [-0.3, -0.25) is 0 Å². The van der Waals surface area contributed by atoms with Gasteiger partial charge in [0.1, 0.15) is 5.69 Å². The summed E-state index contributed by atoms with van der Waals surface area (Å²) in [7, 11) is 0. The number of thioether (sulfide) groups is 1. The molecule has 3 aromatic rings. The van der Waals surface area contributed by atoms with Crippen molar-refractivity contribution in [1.29, 1.82) is 0 Å². The summed E-state index contributed by atoms with van der Waals surface area (Å²) in [6.07, 6.45) is 5.09. The lowest BCUT2D eigenvalue weighted by Crippen LogP contribution is -1.98. The van der Waals surface area contributed by atoms with Crippen molar-refractivity contribution in [3.8, 4) is 5.69 Å². The van der Waals surface area contributed by atoms with E-state index in [0.29, 0.717) is 0 Å². The van der Waals surface area contributed by atoms with Crippen LogP contribution in [0, 0.1) is 0 Å². The first-order valence-electron chi connectivity index (χ1n) is 5.91. The summed E-state index contributed by atoms with van der Waals surface area (Å²) in [5.74, 6) is 0.924. The smallest absolute Gasteiger partial charge is 0.104 e. The van der Waals surface area contributed by atoms with Gasteiger partial charge in [0.05, 0.1) is 23.6 Å². The highest BCUT2D eigenvalue weighted by molar-refractivity contribution is 7.98. The SMILES string of the molecule is c1ccc(CSc2ccc(-n3nccn3)cn2)cc1. The summed E-state index contributed by atoms with van der Waals surface area (Å²) in [4.78, 5) is 5.97. The van der Waals surface area contributed by atoms with Gasteiger partial charge in [0.15, 0.2) is 0 Å². The van der Waals surface area contributed by atoms with Gasteiger partial charge in [0.25, 0.3) is 0 Å². The zero-order valence-corrected chi connectivity index (χ0v) is 11.0. The Hall–Kier alpha value is -2.14. The van der Waals surface area contributed by atoms with Gasteiger partial charge in [-0.15, -0.1) is 11.8 Å². The lowest BCUT2D eigenvalue weighted by molar-refractivity contribution is 0.745. The second-order valence-corrected chi connectivity index (χ2v) is 4.94. The molecular weight excluding hydrogens is 256 g/mol. The van der Waals surface area contributed by atoms with Gasteiger partial charge in [0, 0.05) is 5.75 Å². The van der Waals surface area contributed by atoms with Crippen LogP contribution in [0.4, 0.5) is 0 Å². The normalized spacial score (nSPS) is 10.5. The van der Waals surface area contributed by atoms with Crippen LogP contribution in [-0.4, -0.2) is 20.0 Å². The van der Waals surface area contributed by atoms with Crippen LogP contribution >= 0.6 is 11.8 Å². The molecule has 2 heterocycles. The standard InChI is InChI=1S/C14H12N4S/c1-2-4-12(5-3-1)11-19-14-7-6-13(10-15-14)18-16-8-9-17-18/h1-10H,11H2. The predicted octanol–water partition coefficient (Wildman–Crippen LogP) is 2.95. The molecule has 0 N–H and O–H groups in total. The molecule has 0 aliphatic heterocycles. The Balaban J connectivity index is 1.67. The number of hydrogen-bond acceptors (Lipinski definition) is 4. The third kappa shape index (κ3) is 3.00. The van der Waals surface area contributed by atoms with E-state index >= 15 is 0 Å².